The van der Waals surface area contributed by atoms with Crippen molar-refractivity contribution in [1.82, 2.24) is 4.90 Å². The summed E-state index contributed by atoms with van der Waals surface area (Å²) < 4.78 is 25.1. The molecular weight excluding hydrogens is 469 g/mol. The highest BCUT2D eigenvalue weighted by molar-refractivity contribution is 7.54. The van der Waals surface area contributed by atoms with Crippen LogP contribution in [0.3, 0.4) is 0 Å². The summed E-state index contributed by atoms with van der Waals surface area (Å²) in [5, 5.41) is 0. The number of nitrogens with zero attached hydrogens (tertiary/aromatic N) is 1. The second kappa shape index (κ2) is 24.8. The SMILES string of the molecule is CCCCCCCCCP(=O)(OCC(C)C)OC(=O)N(CCCCCCCC)CCCCCCCC. The first-order valence-electron chi connectivity index (χ1n) is 15.6. The molecule has 0 N–H and O–H groups in total. The predicted molar refractivity (Wildman–Crippen MR) is 156 cm³/mol. The third kappa shape index (κ3) is 21.5. The molecule has 0 bridgehead atoms. The van der Waals surface area contributed by atoms with Gasteiger partial charge in [0.05, 0.1) is 12.8 Å². The van der Waals surface area contributed by atoms with Gasteiger partial charge in [0.2, 0.25) is 0 Å². The van der Waals surface area contributed by atoms with E-state index in [2.05, 4.69) is 20.8 Å². The Kier molecular flexibility index (Phi) is 24.4. The summed E-state index contributed by atoms with van der Waals surface area (Å²) >= 11 is 0. The van der Waals surface area contributed by atoms with Crippen LogP contribution in [0, 0.1) is 5.92 Å². The van der Waals surface area contributed by atoms with E-state index in [0.717, 1.165) is 44.9 Å². The predicted octanol–water partition coefficient (Wildman–Crippen LogP) is 10.8. The summed E-state index contributed by atoms with van der Waals surface area (Å²) in [6, 6.07) is 0. The van der Waals surface area contributed by atoms with Crippen molar-refractivity contribution >= 4 is 13.7 Å². The average molecular weight is 532 g/mol. The smallest absolute Gasteiger partial charge is 0.375 e. The number of carbonyl (C=O) groups excluding carboxylic acids is 1. The number of carbonyl (C=O) groups is 1. The van der Waals surface area contributed by atoms with Crippen LogP contribution in [0.1, 0.15) is 157 Å². The van der Waals surface area contributed by atoms with Gasteiger partial charge in [-0.15, -0.1) is 0 Å². The van der Waals surface area contributed by atoms with Crippen LogP contribution in [0.5, 0.6) is 0 Å². The van der Waals surface area contributed by atoms with Crippen LogP contribution in [-0.2, 0) is 13.6 Å². The molecule has 0 rings (SSSR count). The van der Waals surface area contributed by atoms with Gasteiger partial charge in [0.1, 0.15) is 0 Å². The van der Waals surface area contributed by atoms with E-state index in [-0.39, 0.29) is 5.92 Å². The molecule has 0 aliphatic carbocycles. The van der Waals surface area contributed by atoms with E-state index in [1.165, 1.54) is 77.0 Å². The lowest BCUT2D eigenvalue weighted by Gasteiger charge is -2.26. The zero-order chi connectivity index (χ0) is 26.9. The molecule has 0 heterocycles. The van der Waals surface area contributed by atoms with E-state index in [4.69, 9.17) is 9.05 Å². The molecule has 0 aromatic carbocycles. The third-order valence-electron chi connectivity index (χ3n) is 6.68. The maximum atomic E-state index is 13.6. The summed E-state index contributed by atoms with van der Waals surface area (Å²) in [5.74, 6) is 0.244. The van der Waals surface area contributed by atoms with Crippen molar-refractivity contribution in [3.05, 3.63) is 0 Å². The average Bonchev–Trinajstić information content (AvgIpc) is 2.85. The van der Waals surface area contributed by atoms with Gasteiger partial charge in [-0.2, -0.15) is 0 Å². The lowest BCUT2D eigenvalue weighted by Crippen LogP contribution is -2.33. The molecule has 1 amide bonds. The fourth-order valence-corrected chi connectivity index (χ4v) is 6.06. The van der Waals surface area contributed by atoms with Crippen molar-refractivity contribution in [2.75, 3.05) is 25.9 Å². The van der Waals surface area contributed by atoms with Gasteiger partial charge in [-0.25, -0.2) is 9.36 Å². The minimum Gasteiger partial charge on any atom is -0.375 e. The fourth-order valence-electron chi connectivity index (χ4n) is 4.30. The van der Waals surface area contributed by atoms with Gasteiger partial charge in [-0.05, 0) is 25.2 Å². The Hall–Kier alpha value is -0.540. The monoisotopic (exact) mass is 531 g/mol. The summed E-state index contributed by atoms with van der Waals surface area (Å²) in [6.45, 7) is 12.5. The van der Waals surface area contributed by atoms with Crippen LogP contribution in [-0.4, -0.2) is 36.9 Å². The van der Waals surface area contributed by atoms with Crippen LogP contribution >= 0.6 is 7.60 Å². The normalized spacial score (nSPS) is 13.2. The molecule has 1 atom stereocenters. The van der Waals surface area contributed by atoms with Crippen molar-refractivity contribution < 1.29 is 18.4 Å². The first-order chi connectivity index (χ1) is 17.4. The Labute approximate surface area is 225 Å². The van der Waals surface area contributed by atoms with Crippen LogP contribution in [0.4, 0.5) is 4.79 Å². The van der Waals surface area contributed by atoms with E-state index in [1.807, 2.05) is 13.8 Å². The minimum absolute atomic E-state index is 0.244. The Morgan fingerprint density at radius 3 is 1.44 bits per heavy atom. The number of unbranched alkanes of at least 4 members (excludes halogenated alkanes) is 16. The van der Waals surface area contributed by atoms with Gasteiger partial charge >= 0.3 is 13.7 Å². The summed E-state index contributed by atoms with van der Waals surface area (Å²) in [6.07, 6.45) is 22.0. The van der Waals surface area contributed by atoms with Crippen LogP contribution in [0.2, 0.25) is 0 Å². The Morgan fingerprint density at radius 1 is 0.639 bits per heavy atom. The molecule has 0 spiro atoms. The van der Waals surface area contributed by atoms with Gasteiger partial charge in [0, 0.05) is 13.1 Å². The number of rotatable bonds is 26. The molecule has 0 aromatic rings. The standard InChI is InChI=1S/C30H62NO4P/c1-6-9-12-15-18-21-24-27-36(33,34-28-29(4)5)35-30(32)31(25-22-19-16-13-10-7-2)26-23-20-17-14-11-8-3/h29H,6-28H2,1-5H3. The highest BCUT2D eigenvalue weighted by Crippen LogP contribution is 2.50. The molecule has 0 aromatic heterocycles. The third-order valence-corrected chi connectivity index (χ3v) is 8.52. The Bertz CT molecular complexity index is 525. The molecule has 0 saturated carbocycles. The van der Waals surface area contributed by atoms with Gasteiger partial charge in [0.15, 0.2) is 0 Å². The highest BCUT2D eigenvalue weighted by Gasteiger charge is 2.31. The van der Waals surface area contributed by atoms with Crippen molar-refractivity contribution in [3.63, 3.8) is 0 Å². The maximum absolute atomic E-state index is 13.6. The second-order valence-corrected chi connectivity index (χ2v) is 13.1. The van der Waals surface area contributed by atoms with Crippen molar-refractivity contribution in [2.45, 2.75) is 157 Å². The molecule has 216 valence electrons. The Morgan fingerprint density at radius 2 is 1.03 bits per heavy atom. The number of amides is 1. The van der Waals surface area contributed by atoms with E-state index in [1.54, 1.807) is 4.90 Å². The van der Waals surface area contributed by atoms with E-state index in [0.29, 0.717) is 25.9 Å². The zero-order valence-corrected chi connectivity index (χ0v) is 25.8. The van der Waals surface area contributed by atoms with E-state index >= 15 is 0 Å². The molecule has 5 nitrogen and oxygen atoms in total. The van der Waals surface area contributed by atoms with Gasteiger partial charge in [0.25, 0.3) is 0 Å². The lowest BCUT2D eigenvalue weighted by atomic mass is 10.1. The quantitative estimate of drug-likeness (QED) is 0.0822. The fraction of sp³-hybridized carbons (Fsp3) is 0.967. The zero-order valence-electron chi connectivity index (χ0n) is 24.9. The lowest BCUT2D eigenvalue weighted by molar-refractivity contribution is 0.134. The molecule has 0 radical (unpaired) electrons. The highest BCUT2D eigenvalue weighted by atomic mass is 31.2. The van der Waals surface area contributed by atoms with Gasteiger partial charge < -0.3 is 9.42 Å². The maximum Gasteiger partial charge on any atom is 0.416 e. The first-order valence-corrected chi connectivity index (χ1v) is 17.3. The number of hydrogen-bond donors (Lipinski definition) is 0. The summed E-state index contributed by atoms with van der Waals surface area (Å²) in [7, 11) is -3.44. The molecular formula is C30H62NO4P. The summed E-state index contributed by atoms with van der Waals surface area (Å²) in [5.41, 5.74) is 0. The molecule has 1 unspecified atom stereocenters. The summed E-state index contributed by atoms with van der Waals surface area (Å²) in [4.78, 5) is 15.0. The number of hydrogen-bond acceptors (Lipinski definition) is 4. The van der Waals surface area contributed by atoms with E-state index in [9.17, 15) is 9.36 Å². The largest absolute Gasteiger partial charge is 0.416 e. The molecule has 0 aliphatic heterocycles. The molecule has 6 heteroatoms. The first kappa shape index (κ1) is 35.5. The molecule has 36 heavy (non-hydrogen) atoms. The molecule has 0 fully saturated rings. The van der Waals surface area contributed by atoms with Crippen LogP contribution in [0.15, 0.2) is 0 Å². The second-order valence-electron chi connectivity index (χ2n) is 11.0. The van der Waals surface area contributed by atoms with Gasteiger partial charge in [-0.3, -0.25) is 4.52 Å². The molecule has 0 saturated heterocycles. The topological polar surface area (TPSA) is 55.8 Å². The van der Waals surface area contributed by atoms with Crippen molar-refractivity contribution in [3.8, 4) is 0 Å². The Balaban J connectivity index is 4.87. The van der Waals surface area contributed by atoms with E-state index < -0.39 is 13.7 Å². The van der Waals surface area contributed by atoms with Crippen molar-refractivity contribution in [1.29, 1.82) is 0 Å². The van der Waals surface area contributed by atoms with Crippen molar-refractivity contribution in [2.24, 2.45) is 5.92 Å². The molecule has 0 aliphatic rings. The van der Waals surface area contributed by atoms with Crippen LogP contribution in [0.25, 0.3) is 0 Å². The van der Waals surface area contributed by atoms with Crippen LogP contribution < -0.4 is 0 Å². The minimum atomic E-state index is -3.44. The van der Waals surface area contributed by atoms with Gasteiger partial charge in [-0.1, -0.05) is 137 Å².